The van der Waals surface area contributed by atoms with Crippen LogP contribution in [-0.4, -0.2) is 16.0 Å². The Morgan fingerprint density at radius 3 is 2.60 bits per heavy atom. The van der Waals surface area contributed by atoms with Crippen LogP contribution in [0.5, 0.6) is 5.75 Å². The molecule has 4 rings (SSSR count). The predicted octanol–water partition coefficient (Wildman–Crippen LogP) is 3.36. The van der Waals surface area contributed by atoms with Gasteiger partial charge in [-0.05, 0) is 61.1 Å². The lowest BCUT2D eigenvalue weighted by atomic mass is 9.91. The molecule has 1 amide bonds. The first-order valence-electron chi connectivity index (χ1n) is 8.40. The zero-order chi connectivity index (χ0) is 17.4. The molecule has 2 aromatic carbocycles. The van der Waals surface area contributed by atoms with Crippen LogP contribution in [-0.2, 0) is 12.8 Å². The normalized spacial score (nSPS) is 13.4. The molecule has 0 unspecified atom stereocenters. The second-order valence-electron chi connectivity index (χ2n) is 6.38. The Balaban J connectivity index is 1.69. The van der Waals surface area contributed by atoms with E-state index >= 15 is 0 Å². The molecule has 1 aromatic heterocycles. The number of H-pyrrole nitrogens is 1. The molecule has 1 heterocycles. The third-order valence-corrected chi connectivity index (χ3v) is 4.74. The van der Waals surface area contributed by atoms with E-state index in [1.165, 1.54) is 6.20 Å². The summed E-state index contributed by atoms with van der Waals surface area (Å²) in [5, 5.41) is 13.3. The highest BCUT2D eigenvalue weighted by Crippen LogP contribution is 2.32. The van der Waals surface area contributed by atoms with Gasteiger partial charge in [-0.3, -0.25) is 9.59 Å². The van der Waals surface area contributed by atoms with Crippen molar-refractivity contribution in [2.45, 2.75) is 25.7 Å². The van der Waals surface area contributed by atoms with Crippen LogP contribution in [0, 0.1) is 0 Å². The molecule has 3 N–H and O–H groups in total. The SMILES string of the molecule is O=C(Nc1cc2c(cc1O)CCCC2)c1c[nH]c2ccccc2c1=O. The number of carbonyl (C=O) groups excluding carboxylic acids is 1. The fraction of sp³-hybridized carbons (Fsp3) is 0.200. The van der Waals surface area contributed by atoms with Gasteiger partial charge in [-0.2, -0.15) is 0 Å². The highest BCUT2D eigenvalue weighted by molar-refractivity contribution is 6.06. The monoisotopic (exact) mass is 334 g/mol. The highest BCUT2D eigenvalue weighted by Gasteiger charge is 2.17. The highest BCUT2D eigenvalue weighted by atomic mass is 16.3. The van der Waals surface area contributed by atoms with Gasteiger partial charge in [0.05, 0.1) is 5.69 Å². The number of para-hydroxylation sites is 1. The number of anilines is 1. The van der Waals surface area contributed by atoms with Gasteiger partial charge in [0.15, 0.2) is 0 Å². The molecule has 0 atom stereocenters. The molecule has 0 spiro atoms. The fourth-order valence-corrected chi connectivity index (χ4v) is 3.40. The third-order valence-electron chi connectivity index (χ3n) is 4.74. The quantitative estimate of drug-likeness (QED) is 0.629. The Morgan fingerprint density at radius 1 is 1.08 bits per heavy atom. The molecule has 0 saturated carbocycles. The van der Waals surface area contributed by atoms with E-state index < -0.39 is 5.91 Å². The average Bonchev–Trinajstić information content (AvgIpc) is 2.63. The van der Waals surface area contributed by atoms with Gasteiger partial charge in [0.1, 0.15) is 11.3 Å². The summed E-state index contributed by atoms with van der Waals surface area (Å²) in [6.45, 7) is 0. The van der Waals surface area contributed by atoms with Crippen LogP contribution in [0.15, 0.2) is 47.4 Å². The zero-order valence-corrected chi connectivity index (χ0v) is 13.6. The van der Waals surface area contributed by atoms with Crippen molar-refractivity contribution in [2.75, 3.05) is 5.32 Å². The van der Waals surface area contributed by atoms with Gasteiger partial charge in [0, 0.05) is 17.1 Å². The molecule has 3 aromatic rings. The minimum absolute atomic E-state index is 0.0239. The second-order valence-corrected chi connectivity index (χ2v) is 6.38. The molecule has 1 aliphatic rings. The van der Waals surface area contributed by atoms with E-state index in [0.717, 1.165) is 36.8 Å². The molecule has 1 aliphatic carbocycles. The smallest absolute Gasteiger partial charge is 0.261 e. The number of hydrogen-bond acceptors (Lipinski definition) is 3. The van der Waals surface area contributed by atoms with Crippen LogP contribution in [0.2, 0.25) is 0 Å². The third kappa shape index (κ3) is 2.78. The lowest BCUT2D eigenvalue weighted by Crippen LogP contribution is -2.22. The minimum Gasteiger partial charge on any atom is -0.506 e. The van der Waals surface area contributed by atoms with E-state index in [1.807, 2.05) is 12.1 Å². The number of rotatable bonds is 2. The summed E-state index contributed by atoms with van der Waals surface area (Å²) >= 11 is 0. The van der Waals surface area contributed by atoms with Crippen molar-refractivity contribution in [1.29, 1.82) is 0 Å². The van der Waals surface area contributed by atoms with E-state index in [9.17, 15) is 14.7 Å². The van der Waals surface area contributed by atoms with E-state index in [4.69, 9.17) is 0 Å². The van der Waals surface area contributed by atoms with E-state index in [2.05, 4.69) is 10.3 Å². The number of nitrogens with one attached hydrogen (secondary N) is 2. The first kappa shape index (κ1) is 15.4. The average molecular weight is 334 g/mol. The summed E-state index contributed by atoms with van der Waals surface area (Å²) < 4.78 is 0. The van der Waals surface area contributed by atoms with Gasteiger partial charge in [0.25, 0.3) is 5.91 Å². The Bertz CT molecular complexity index is 1040. The van der Waals surface area contributed by atoms with Gasteiger partial charge < -0.3 is 15.4 Å². The Labute approximate surface area is 144 Å². The molecule has 126 valence electrons. The molecular formula is C20H18N2O3. The Hall–Kier alpha value is -3.08. The summed E-state index contributed by atoms with van der Waals surface area (Å²) in [6.07, 6.45) is 5.52. The molecule has 5 nitrogen and oxygen atoms in total. The molecule has 0 fully saturated rings. The number of aryl methyl sites for hydroxylation is 2. The van der Waals surface area contributed by atoms with Crippen LogP contribution in [0.1, 0.15) is 34.3 Å². The topological polar surface area (TPSA) is 82.2 Å². The van der Waals surface area contributed by atoms with Crippen molar-refractivity contribution >= 4 is 22.5 Å². The van der Waals surface area contributed by atoms with Crippen LogP contribution >= 0.6 is 0 Å². The first-order valence-corrected chi connectivity index (χ1v) is 8.40. The number of benzene rings is 2. The number of hydrogen-bond donors (Lipinski definition) is 3. The lowest BCUT2D eigenvalue weighted by Gasteiger charge is -2.18. The molecule has 0 saturated heterocycles. The van der Waals surface area contributed by atoms with Crippen molar-refractivity contribution < 1.29 is 9.90 Å². The summed E-state index contributed by atoms with van der Waals surface area (Å²) in [5.41, 5.74) is 3.00. The number of phenols is 1. The standard InChI is InChI=1S/C20H18N2O3/c23-18-10-13-6-2-1-5-12(13)9-17(18)22-20(25)15-11-21-16-8-4-3-7-14(16)19(15)24/h3-4,7-11,23H,1-2,5-6H2,(H,21,24)(H,22,25). The number of aromatic nitrogens is 1. The van der Waals surface area contributed by atoms with Gasteiger partial charge in [-0.25, -0.2) is 0 Å². The number of fused-ring (bicyclic) bond motifs is 2. The number of amides is 1. The summed E-state index contributed by atoms with van der Waals surface area (Å²) in [7, 11) is 0. The van der Waals surface area contributed by atoms with Crippen LogP contribution in [0.4, 0.5) is 5.69 Å². The molecule has 5 heteroatoms. The maximum atomic E-state index is 12.6. The Kier molecular flexibility index (Phi) is 3.76. The number of aromatic amines is 1. The number of phenolic OH excluding ortho intramolecular Hbond substituents is 1. The van der Waals surface area contributed by atoms with Gasteiger partial charge in [-0.1, -0.05) is 12.1 Å². The maximum Gasteiger partial charge on any atom is 0.261 e. The summed E-state index contributed by atoms with van der Waals surface area (Å²) in [5.74, 6) is -0.496. The number of aromatic hydroxyl groups is 1. The van der Waals surface area contributed by atoms with Crippen molar-refractivity contribution in [3.05, 3.63) is 69.5 Å². The van der Waals surface area contributed by atoms with Crippen molar-refractivity contribution in [1.82, 2.24) is 4.98 Å². The first-order chi connectivity index (χ1) is 12.1. The van der Waals surface area contributed by atoms with Gasteiger partial charge >= 0.3 is 0 Å². The molecule has 0 bridgehead atoms. The summed E-state index contributed by atoms with van der Waals surface area (Å²) in [6, 6.07) is 10.6. The lowest BCUT2D eigenvalue weighted by molar-refractivity contribution is 0.102. The van der Waals surface area contributed by atoms with Crippen molar-refractivity contribution in [3.63, 3.8) is 0 Å². The summed E-state index contributed by atoms with van der Waals surface area (Å²) in [4.78, 5) is 28.1. The second kappa shape index (κ2) is 6.09. The van der Waals surface area contributed by atoms with Crippen LogP contribution in [0.25, 0.3) is 10.9 Å². The fourth-order valence-electron chi connectivity index (χ4n) is 3.40. The zero-order valence-electron chi connectivity index (χ0n) is 13.6. The molecule has 25 heavy (non-hydrogen) atoms. The largest absolute Gasteiger partial charge is 0.506 e. The minimum atomic E-state index is -0.530. The van der Waals surface area contributed by atoms with E-state index in [-0.39, 0.29) is 16.7 Å². The Morgan fingerprint density at radius 2 is 1.80 bits per heavy atom. The predicted molar refractivity (Wildman–Crippen MR) is 97.3 cm³/mol. The molecule has 0 aliphatic heterocycles. The number of carbonyl (C=O) groups is 1. The number of pyridine rings is 1. The van der Waals surface area contributed by atoms with Crippen molar-refractivity contribution in [2.24, 2.45) is 0 Å². The van der Waals surface area contributed by atoms with Crippen LogP contribution in [0.3, 0.4) is 0 Å². The van der Waals surface area contributed by atoms with Gasteiger partial charge in [-0.15, -0.1) is 0 Å². The van der Waals surface area contributed by atoms with E-state index in [1.54, 1.807) is 24.3 Å². The van der Waals surface area contributed by atoms with E-state index in [0.29, 0.717) is 16.6 Å². The van der Waals surface area contributed by atoms with Gasteiger partial charge in [0.2, 0.25) is 5.43 Å². The molecular weight excluding hydrogens is 316 g/mol. The molecule has 0 radical (unpaired) electrons. The van der Waals surface area contributed by atoms with Crippen LogP contribution < -0.4 is 10.7 Å². The maximum absolute atomic E-state index is 12.6. The van der Waals surface area contributed by atoms with Crippen molar-refractivity contribution in [3.8, 4) is 5.75 Å².